The molecule has 0 spiro atoms. The van der Waals surface area contributed by atoms with Crippen LogP contribution >= 0.6 is 0 Å². The lowest BCUT2D eigenvalue weighted by Crippen LogP contribution is -2.22. The first-order valence-electron chi connectivity index (χ1n) is 9.20. The number of fused-ring (bicyclic) bond motifs is 2. The van der Waals surface area contributed by atoms with Gasteiger partial charge < -0.3 is 14.3 Å². The van der Waals surface area contributed by atoms with Gasteiger partial charge in [-0.05, 0) is 30.7 Å². The lowest BCUT2D eigenvalue weighted by atomic mass is 10.3. The summed E-state index contributed by atoms with van der Waals surface area (Å²) in [5.74, 6) is -1.96. The predicted molar refractivity (Wildman–Crippen MR) is 103 cm³/mol. The molecule has 4 aromatic rings. The molecule has 0 saturated carbocycles. The SMILES string of the molecule is O=C(Cn1c(C(F)(F)F)nc2ccccc21)OCCCn1c(=O)[nH]c2ccccc21. The summed E-state index contributed by atoms with van der Waals surface area (Å²) in [5.41, 5.74) is 1.50. The molecular weight excluding hydrogens is 401 g/mol. The Bertz CT molecular complexity index is 1270. The number of hydrogen-bond donors (Lipinski definition) is 1. The number of halogens is 3. The van der Waals surface area contributed by atoms with Gasteiger partial charge >= 0.3 is 17.8 Å². The zero-order valence-electron chi connectivity index (χ0n) is 15.6. The van der Waals surface area contributed by atoms with Crippen molar-refractivity contribution in [3.8, 4) is 0 Å². The van der Waals surface area contributed by atoms with Crippen LogP contribution in [0.4, 0.5) is 13.2 Å². The highest BCUT2D eigenvalue weighted by Gasteiger charge is 2.38. The second-order valence-electron chi connectivity index (χ2n) is 6.68. The molecule has 156 valence electrons. The summed E-state index contributed by atoms with van der Waals surface area (Å²) < 4.78 is 47.3. The number of nitrogens with one attached hydrogen (secondary N) is 1. The van der Waals surface area contributed by atoms with Gasteiger partial charge in [0.2, 0.25) is 5.82 Å². The summed E-state index contributed by atoms with van der Waals surface area (Å²) in [5, 5.41) is 0. The number of para-hydroxylation sites is 4. The van der Waals surface area contributed by atoms with Crippen LogP contribution in [0, 0.1) is 0 Å². The molecule has 0 aliphatic heterocycles. The Morgan fingerprint density at radius 2 is 1.73 bits per heavy atom. The van der Waals surface area contributed by atoms with Crippen LogP contribution in [0.15, 0.2) is 53.3 Å². The molecule has 2 aromatic carbocycles. The molecule has 1 N–H and O–H groups in total. The van der Waals surface area contributed by atoms with Crippen molar-refractivity contribution in [3.05, 3.63) is 64.8 Å². The van der Waals surface area contributed by atoms with Gasteiger partial charge in [0.15, 0.2) is 0 Å². The van der Waals surface area contributed by atoms with Crippen molar-refractivity contribution in [2.45, 2.75) is 25.7 Å². The summed E-state index contributed by atoms with van der Waals surface area (Å²) in [4.78, 5) is 30.5. The maximum atomic E-state index is 13.3. The third-order valence-electron chi connectivity index (χ3n) is 4.67. The van der Waals surface area contributed by atoms with Crippen LogP contribution in [0.1, 0.15) is 12.2 Å². The third kappa shape index (κ3) is 3.80. The summed E-state index contributed by atoms with van der Waals surface area (Å²) >= 11 is 0. The molecule has 0 fully saturated rings. The van der Waals surface area contributed by atoms with Gasteiger partial charge in [0.25, 0.3) is 0 Å². The van der Waals surface area contributed by atoms with Gasteiger partial charge in [-0.15, -0.1) is 0 Å². The van der Waals surface area contributed by atoms with Crippen molar-refractivity contribution >= 4 is 28.0 Å². The van der Waals surface area contributed by atoms with Gasteiger partial charge in [-0.25, -0.2) is 9.78 Å². The summed E-state index contributed by atoms with van der Waals surface area (Å²) in [6.07, 6.45) is -4.36. The Kier molecular flexibility index (Phi) is 5.06. The largest absolute Gasteiger partial charge is 0.464 e. The number of rotatable bonds is 6. The topological polar surface area (TPSA) is 81.9 Å². The minimum absolute atomic E-state index is 0.0290. The van der Waals surface area contributed by atoms with E-state index in [1.54, 1.807) is 36.4 Å². The van der Waals surface area contributed by atoms with E-state index in [0.29, 0.717) is 18.5 Å². The molecule has 2 heterocycles. The smallest absolute Gasteiger partial charge is 0.449 e. The van der Waals surface area contributed by atoms with E-state index < -0.39 is 24.5 Å². The van der Waals surface area contributed by atoms with Gasteiger partial charge in [0.05, 0.1) is 28.7 Å². The van der Waals surface area contributed by atoms with Crippen LogP contribution in [0.3, 0.4) is 0 Å². The van der Waals surface area contributed by atoms with Crippen molar-refractivity contribution in [1.29, 1.82) is 0 Å². The molecule has 2 aromatic heterocycles. The molecule has 4 rings (SSSR count). The highest BCUT2D eigenvalue weighted by atomic mass is 19.4. The molecule has 0 saturated heterocycles. The van der Waals surface area contributed by atoms with E-state index in [-0.39, 0.29) is 23.3 Å². The predicted octanol–water partition coefficient (Wildman–Crippen LogP) is 3.33. The van der Waals surface area contributed by atoms with Crippen LogP contribution in [-0.2, 0) is 28.8 Å². The van der Waals surface area contributed by atoms with Gasteiger partial charge in [0, 0.05) is 6.54 Å². The quantitative estimate of drug-likeness (QED) is 0.385. The molecule has 0 aliphatic rings. The fourth-order valence-electron chi connectivity index (χ4n) is 3.36. The van der Waals surface area contributed by atoms with E-state index in [0.717, 1.165) is 10.1 Å². The highest BCUT2D eigenvalue weighted by molar-refractivity contribution is 5.79. The molecule has 0 radical (unpaired) electrons. The molecule has 0 unspecified atom stereocenters. The fourth-order valence-corrected chi connectivity index (χ4v) is 3.36. The second kappa shape index (κ2) is 7.69. The number of aromatic amines is 1. The minimum Gasteiger partial charge on any atom is -0.464 e. The van der Waals surface area contributed by atoms with E-state index in [1.807, 2.05) is 0 Å². The Balaban J connectivity index is 1.41. The number of ether oxygens (including phenoxy) is 1. The number of H-pyrrole nitrogens is 1. The van der Waals surface area contributed by atoms with Gasteiger partial charge in [-0.3, -0.25) is 9.36 Å². The van der Waals surface area contributed by atoms with Crippen LogP contribution in [-0.4, -0.2) is 31.7 Å². The molecule has 0 amide bonds. The Morgan fingerprint density at radius 1 is 1.03 bits per heavy atom. The van der Waals surface area contributed by atoms with Crippen molar-refractivity contribution in [2.75, 3.05) is 6.61 Å². The Morgan fingerprint density at radius 3 is 2.50 bits per heavy atom. The lowest BCUT2D eigenvalue weighted by Gasteiger charge is -2.11. The molecule has 0 aliphatic carbocycles. The number of imidazole rings is 2. The number of esters is 1. The zero-order chi connectivity index (χ0) is 21.3. The number of nitrogens with zero attached hydrogens (tertiary/aromatic N) is 3. The third-order valence-corrected chi connectivity index (χ3v) is 4.67. The molecule has 0 atom stereocenters. The number of benzene rings is 2. The summed E-state index contributed by atoms with van der Waals surface area (Å²) in [6, 6.07) is 13.2. The lowest BCUT2D eigenvalue weighted by molar-refractivity contribution is -0.150. The number of aromatic nitrogens is 4. The number of carbonyl (C=O) groups is 1. The van der Waals surface area contributed by atoms with Crippen LogP contribution in [0.25, 0.3) is 22.1 Å². The molecule has 30 heavy (non-hydrogen) atoms. The average Bonchev–Trinajstić information content (AvgIpc) is 3.23. The van der Waals surface area contributed by atoms with Crippen LogP contribution in [0.2, 0.25) is 0 Å². The average molecular weight is 418 g/mol. The maximum absolute atomic E-state index is 13.3. The van der Waals surface area contributed by atoms with E-state index in [2.05, 4.69) is 9.97 Å². The standard InChI is InChI=1S/C20H17F3N4O3/c21-20(22,23)18-24-13-6-1-4-9-16(13)27(18)12-17(28)30-11-5-10-26-15-8-3-2-7-14(15)25-19(26)29/h1-4,6-9H,5,10-12H2,(H,25,29). The number of carbonyl (C=O) groups excluding carboxylic acids is 1. The highest BCUT2D eigenvalue weighted by Crippen LogP contribution is 2.31. The molecular formula is C20H17F3N4O3. The number of aryl methyl sites for hydroxylation is 1. The van der Waals surface area contributed by atoms with E-state index in [9.17, 15) is 22.8 Å². The number of alkyl halides is 3. The van der Waals surface area contributed by atoms with Crippen LogP contribution in [0.5, 0.6) is 0 Å². The van der Waals surface area contributed by atoms with Gasteiger partial charge in [-0.2, -0.15) is 13.2 Å². The zero-order valence-corrected chi connectivity index (χ0v) is 15.6. The summed E-state index contributed by atoms with van der Waals surface area (Å²) in [7, 11) is 0. The van der Waals surface area contributed by atoms with Crippen molar-refractivity contribution < 1.29 is 22.7 Å². The van der Waals surface area contributed by atoms with Gasteiger partial charge in [-0.1, -0.05) is 24.3 Å². The van der Waals surface area contributed by atoms with Crippen molar-refractivity contribution in [2.24, 2.45) is 0 Å². The van der Waals surface area contributed by atoms with Gasteiger partial charge in [0.1, 0.15) is 6.54 Å². The first-order chi connectivity index (χ1) is 14.3. The Hall–Kier alpha value is -3.56. The fraction of sp³-hybridized carbons (Fsp3) is 0.250. The second-order valence-corrected chi connectivity index (χ2v) is 6.68. The monoisotopic (exact) mass is 418 g/mol. The summed E-state index contributed by atoms with van der Waals surface area (Å²) in [6.45, 7) is -0.334. The molecule has 10 heteroatoms. The molecule has 0 bridgehead atoms. The minimum atomic E-state index is -4.70. The molecule has 7 nitrogen and oxygen atoms in total. The normalized spacial score (nSPS) is 12.0. The first-order valence-corrected chi connectivity index (χ1v) is 9.20. The van der Waals surface area contributed by atoms with E-state index in [1.165, 1.54) is 16.7 Å². The van der Waals surface area contributed by atoms with E-state index >= 15 is 0 Å². The van der Waals surface area contributed by atoms with Crippen molar-refractivity contribution in [1.82, 2.24) is 19.1 Å². The maximum Gasteiger partial charge on any atom is 0.449 e. The van der Waals surface area contributed by atoms with Crippen molar-refractivity contribution in [3.63, 3.8) is 0 Å². The van der Waals surface area contributed by atoms with Crippen LogP contribution < -0.4 is 5.69 Å². The Labute approximate surface area is 167 Å². The van der Waals surface area contributed by atoms with E-state index in [4.69, 9.17) is 4.74 Å². The number of hydrogen-bond acceptors (Lipinski definition) is 4. The first kappa shape index (κ1) is 19.7.